The van der Waals surface area contributed by atoms with Crippen LogP contribution in [0.5, 0.6) is 0 Å². The average molecular weight is 455 g/mol. The normalized spacial score (nSPS) is 15.0. The molecule has 0 heterocycles. The Morgan fingerprint density at radius 3 is 1.96 bits per heavy atom. The smallest absolute Gasteiger partial charge is 0.226 e. The number of aliphatic hydroxyl groups excluding tert-OH is 1. The van der Waals surface area contributed by atoms with Crippen LogP contribution in [0.1, 0.15) is 24.2 Å². The molecule has 126 valence electrons. The minimum absolute atomic E-state index is 0.269. The molecule has 23 heavy (non-hydrogen) atoms. The Bertz CT molecular complexity index is 719. The number of halogens is 7. The number of fused-ring (bicyclic) bond motifs is 1. The minimum atomic E-state index is -2.17. The van der Waals surface area contributed by atoms with E-state index in [1.54, 1.807) is 19.1 Å². The van der Waals surface area contributed by atoms with Gasteiger partial charge in [0.15, 0.2) is 4.33 Å². The van der Waals surface area contributed by atoms with Crippen LogP contribution in [0.3, 0.4) is 0 Å². The van der Waals surface area contributed by atoms with Gasteiger partial charge in [0.25, 0.3) is 0 Å². The van der Waals surface area contributed by atoms with Gasteiger partial charge in [-0.05, 0) is 28.8 Å². The number of hydrogen-bond acceptors (Lipinski definition) is 1. The van der Waals surface area contributed by atoms with E-state index in [-0.39, 0.29) is 5.56 Å². The lowest BCUT2D eigenvalue weighted by atomic mass is 9.92. The molecule has 1 nitrogen and oxygen atoms in total. The van der Waals surface area contributed by atoms with Gasteiger partial charge in [-0.3, -0.25) is 0 Å². The minimum Gasteiger partial charge on any atom is -0.389 e. The summed E-state index contributed by atoms with van der Waals surface area (Å²) in [5.74, 6) is 0. The van der Waals surface area contributed by atoms with Crippen LogP contribution in [0.25, 0.3) is 10.8 Å². The monoisotopic (exact) mass is 452 g/mol. The lowest BCUT2D eigenvalue weighted by Crippen LogP contribution is -2.45. The zero-order valence-electron chi connectivity index (χ0n) is 11.6. The molecule has 1 unspecified atom stereocenters. The number of benzene rings is 2. The van der Waals surface area contributed by atoms with Crippen molar-refractivity contribution in [3.63, 3.8) is 0 Å². The molecular formula is C15H11Cl7O. The Hall–Kier alpha value is 0.690. The first-order chi connectivity index (χ1) is 10.4. The fraction of sp³-hybridized carbons (Fsp3) is 0.333. The van der Waals surface area contributed by atoms with Gasteiger partial charge in [-0.25, -0.2) is 0 Å². The van der Waals surface area contributed by atoms with E-state index in [9.17, 15) is 5.11 Å². The molecule has 1 N–H and O–H groups in total. The van der Waals surface area contributed by atoms with Crippen molar-refractivity contribution in [1.82, 2.24) is 0 Å². The third-order valence-corrected chi connectivity index (χ3v) is 7.40. The van der Waals surface area contributed by atoms with Gasteiger partial charge in [-0.15, -0.1) is 0 Å². The van der Waals surface area contributed by atoms with Crippen molar-refractivity contribution < 1.29 is 5.11 Å². The second kappa shape index (κ2) is 6.78. The first-order valence-electron chi connectivity index (χ1n) is 6.44. The predicted molar refractivity (Wildman–Crippen MR) is 103 cm³/mol. The molecule has 1 atom stereocenters. The Morgan fingerprint density at radius 2 is 1.43 bits per heavy atom. The van der Waals surface area contributed by atoms with E-state index < -0.39 is 18.6 Å². The molecule has 0 radical (unpaired) electrons. The Kier molecular flexibility index (Phi) is 5.89. The van der Waals surface area contributed by atoms with E-state index in [2.05, 4.69) is 0 Å². The summed E-state index contributed by atoms with van der Waals surface area (Å²) in [6.07, 6.45) is -0.896. The van der Waals surface area contributed by atoms with Crippen molar-refractivity contribution in [2.75, 3.05) is 0 Å². The lowest BCUT2D eigenvalue weighted by Gasteiger charge is -2.39. The molecule has 8 heteroatoms. The maximum absolute atomic E-state index is 10.2. The van der Waals surface area contributed by atoms with Gasteiger partial charge in [0.1, 0.15) is 0 Å². The summed E-state index contributed by atoms with van der Waals surface area (Å²) in [6, 6.07) is 10.8. The molecule has 0 aliphatic carbocycles. The van der Waals surface area contributed by atoms with E-state index >= 15 is 0 Å². The van der Waals surface area contributed by atoms with Crippen LogP contribution in [-0.2, 0) is 4.33 Å². The summed E-state index contributed by atoms with van der Waals surface area (Å²) in [6.45, 7) is 1.58. The van der Waals surface area contributed by atoms with Crippen LogP contribution in [0, 0.1) is 0 Å². The van der Waals surface area contributed by atoms with Crippen LogP contribution in [0.15, 0.2) is 36.4 Å². The zero-order valence-corrected chi connectivity index (χ0v) is 16.9. The van der Waals surface area contributed by atoms with E-state index in [0.29, 0.717) is 5.56 Å². The van der Waals surface area contributed by atoms with Gasteiger partial charge in [-0.2, -0.15) is 0 Å². The SMILES string of the molecule is CC(O)c1c(C(Cl)(Cl)C(Cl)(Cl)C(Cl)(Cl)Cl)ccc2ccccc12. The molecule has 0 aliphatic rings. The summed E-state index contributed by atoms with van der Waals surface area (Å²) in [5, 5.41) is 11.9. The Labute approximate surface area is 169 Å². The highest BCUT2D eigenvalue weighted by molar-refractivity contribution is 6.78. The van der Waals surface area contributed by atoms with Crippen molar-refractivity contribution in [2.24, 2.45) is 0 Å². The topological polar surface area (TPSA) is 20.2 Å². The van der Waals surface area contributed by atoms with Crippen LogP contribution < -0.4 is 0 Å². The summed E-state index contributed by atoms with van der Waals surface area (Å²) in [5.41, 5.74) is 0.735. The quantitative estimate of drug-likeness (QED) is 0.491. The zero-order chi connectivity index (χ0) is 17.6. The second-order valence-electron chi connectivity index (χ2n) is 5.07. The summed E-state index contributed by atoms with van der Waals surface area (Å²) < 4.78 is -6.32. The van der Waals surface area contributed by atoms with E-state index in [0.717, 1.165) is 10.8 Å². The van der Waals surface area contributed by atoms with Crippen molar-refractivity contribution in [3.05, 3.63) is 47.5 Å². The summed E-state index contributed by atoms with van der Waals surface area (Å²) in [7, 11) is 0. The molecule has 0 saturated heterocycles. The summed E-state index contributed by atoms with van der Waals surface area (Å²) >= 11 is 42.8. The standard InChI is InChI=1S/C15H11Cl7O/c1-8(23)12-10-5-3-2-4-9(10)6-7-11(12)13(16,17)14(18,19)15(20,21)22/h2-8,23H,1H3. The largest absolute Gasteiger partial charge is 0.389 e. The fourth-order valence-corrected chi connectivity index (χ4v) is 3.90. The molecule has 2 aromatic carbocycles. The van der Waals surface area contributed by atoms with Gasteiger partial charge in [0, 0.05) is 0 Å². The van der Waals surface area contributed by atoms with Crippen molar-refractivity contribution in [1.29, 1.82) is 0 Å². The first kappa shape index (κ1) is 20.0. The molecule has 0 fully saturated rings. The van der Waals surface area contributed by atoms with Gasteiger partial charge < -0.3 is 5.11 Å². The third kappa shape index (κ3) is 3.50. The van der Waals surface area contributed by atoms with Crippen LogP contribution >= 0.6 is 81.2 Å². The number of rotatable bonds is 3. The molecule has 2 aromatic rings. The molecule has 0 bridgehead atoms. The molecule has 0 aromatic heterocycles. The van der Waals surface area contributed by atoms with Gasteiger partial charge in [0.2, 0.25) is 8.13 Å². The van der Waals surface area contributed by atoms with Crippen molar-refractivity contribution in [3.8, 4) is 0 Å². The number of alkyl halides is 7. The molecule has 2 rings (SSSR count). The van der Waals surface area contributed by atoms with E-state index in [4.69, 9.17) is 81.2 Å². The second-order valence-corrected chi connectivity index (χ2v) is 10.0. The van der Waals surface area contributed by atoms with Crippen molar-refractivity contribution >= 4 is 92.0 Å². The molecule has 0 aliphatic heterocycles. The fourth-order valence-electron chi connectivity index (χ4n) is 2.37. The van der Waals surface area contributed by atoms with Gasteiger partial charge >= 0.3 is 0 Å². The Balaban J connectivity index is 2.80. The Morgan fingerprint density at radius 1 is 0.870 bits per heavy atom. The van der Waals surface area contributed by atoms with Crippen LogP contribution in [-0.4, -0.2) is 13.2 Å². The lowest BCUT2D eigenvalue weighted by molar-refractivity contribution is 0.199. The third-order valence-electron chi connectivity index (χ3n) is 3.48. The number of hydrogen-bond donors (Lipinski definition) is 1. The molecule has 0 spiro atoms. The highest BCUT2D eigenvalue weighted by Crippen LogP contribution is 2.61. The highest BCUT2D eigenvalue weighted by Gasteiger charge is 2.61. The van der Waals surface area contributed by atoms with Crippen molar-refractivity contribution in [2.45, 2.75) is 25.5 Å². The maximum atomic E-state index is 10.2. The molecular weight excluding hydrogens is 444 g/mol. The van der Waals surface area contributed by atoms with E-state index in [1.165, 1.54) is 0 Å². The number of aliphatic hydroxyl groups is 1. The van der Waals surface area contributed by atoms with Crippen LogP contribution in [0.4, 0.5) is 0 Å². The highest BCUT2D eigenvalue weighted by atomic mass is 35.6. The first-order valence-corrected chi connectivity index (χ1v) is 9.08. The van der Waals surface area contributed by atoms with Crippen LogP contribution in [0.2, 0.25) is 0 Å². The van der Waals surface area contributed by atoms with Gasteiger partial charge in [-0.1, -0.05) is 118 Å². The van der Waals surface area contributed by atoms with Gasteiger partial charge in [0.05, 0.1) is 6.10 Å². The van der Waals surface area contributed by atoms with E-state index in [1.807, 2.05) is 24.3 Å². The molecule has 0 amide bonds. The predicted octanol–water partition coefficient (Wildman–Crippen LogP) is 7.07. The summed E-state index contributed by atoms with van der Waals surface area (Å²) in [4.78, 5) is 0. The maximum Gasteiger partial charge on any atom is 0.226 e. The average Bonchev–Trinajstić information content (AvgIpc) is 2.44. The molecule has 0 saturated carbocycles.